The highest BCUT2D eigenvalue weighted by molar-refractivity contribution is 4.82. The smallest absolute Gasteiger partial charge is 0.0116 e. The molecule has 1 heteroatoms. The van der Waals surface area contributed by atoms with Crippen LogP contribution in [0.1, 0.15) is 79.6 Å². The van der Waals surface area contributed by atoms with Gasteiger partial charge in [0.05, 0.1) is 0 Å². The quantitative estimate of drug-likeness (QED) is 0.702. The van der Waals surface area contributed by atoms with Crippen LogP contribution in [0.25, 0.3) is 0 Å². The van der Waals surface area contributed by atoms with E-state index < -0.39 is 0 Å². The molecule has 3 atom stereocenters. The molecule has 1 N–H and O–H groups in total. The summed E-state index contributed by atoms with van der Waals surface area (Å²) in [5, 5.41) is 3.76. The standard InChI is InChI=1S/C17H35N/c1-6-12-18-16(17(3,4)5)11-10-15-9-7-8-14(2)13-15/h14-16,18H,6-13H2,1-5H3. The summed E-state index contributed by atoms with van der Waals surface area (Å²) in [5.74, 6) is 1.97. The number of hydrogen-bond donors (Lipinski definition) is 1. The Labute approximate surface area is 115 Å². The van der Waals surface area contributed by atoms with Gasteiger partial charge >= 0.3 is 0 Å². The molecule has 0 radical (unpaired) electrons. The lowest BCUT2D eigenvalue weighted by atomic mass is 9.77. The molecule has 0 amide bonds. The van der Waals surface area contributed by atoms with Gasteiger partial charge in [0.1, 0.15) is 0 Å². The van der Waals surface area contributed by atoms with E-state index in [2.05, 4.69) is 39.9 Å². The number of rotatable bonds is 6. The summed E-state index contributed by atoms with van der Waals surface area (Å²) >= 11 is 0. The molecule has 1 aliphatic rings. The van der Waals surface area contributed by atoms with E-state index >= 15 is 0 Å². The van der Waals surface area contributed by atoms with Crippen LogP contribution >= 0.6 is 0 Å². The van der Waals surface area contributed by atoms with Crippen molar-refractivity contribution in [1.29, 1.82) is 0 Å². The molecule has 108 valence electrons. The van der Waals surface area contributed by atoms with Crippen LogP contribution in [0.2, 0.25) is 0 Å². The third-order valence-corrected chi connectivity index (χ3v) is 4.59. The zero-order valence-electron chi connectivity index (χ0n) is 13.4. The second-order valence-electron chi connectivity index (χ2n) is 7.59. The number of hydrogen-bond acceptors (Lipinski definition) is 1. The monoisotopic (exact) mass is 253 g/mol. The topological polar surface area (TPSA) is 12.0 Å². The van der Waals surface area contributed by atoms with Crippen molar-refractivity contribution >= 4 is 0 Å². The minimum Gasteiger partial charge on any atom is -0.313 e. The molecule has 0 aromatic carbocycles. The molecule has 3 unspecified atom stereocenters. The normalized spacial score (nSPS) is 27.2. The first-order valence-electron chi connectivity index (χ1n) is 8.16. The Morgan fingerprint density at radius 1 is 1.22 bits per heavy atom. The lowest BCUT2D eigenvalue weighted by Gasteiger charge is -2.34. The second-order valence-corrected chi connectivity index (χ2v) is 7.59. The van der Waals surface area contributed by atoms with Crippen molar-refractivity contribution in [3.63, 3.8) is 0 Å². The van der Waals surface area contributed by atoms with Crippen LogP contribution in [0.5, 0.6) is 0 Å². The fraction of sp³-hybridized carbons (Fsp3) is 1.00. The Balaban J connectivity index is 2.36. The van der Waals surface area contributed by atoms with E-state index in [9.17, 15) is 0 Å². The fourth-order valence-corrected chi connectivity index (χ4v) is 3.38. The molecule has 1 aliphatic carbocycles. The molecular weight excluding hydrogens is 218 g/mol. The Hall–Kier alpha value is -0.0400. The zero-order chi connectivity index (χ0) is 13.6. The highest BCUT2D eigenvalue weighted by Crippen LogP contribution is 2.33. The van der Waals surface area contributed by atoms with E-state index in [-0.39, 0.29) is 0 Å². The second kappa shape index (κ2) is 7.53. The summed E-state index contributed by atoms with van der Waals surface area (Å²) in [4.78, 5) is 0. The molecule has 18 heavy (non-hydrogen) atoms. The molecule has 1 nitrogen and oxygen atoms in total. The maximum absolute atomic E-state index is 3.76. The van der Waals surface area contributed by atoms with Gasteiger partial charge in [0.15, 0.2) is 0 Å². The van der Waals surface area contributed by atoms with Gasteiger partial charge in [-0.2, -0.15) is 0 Å². The van der Waals surface area contributed by atoms with Crippen molar-refractivity contribution in [2.75, 3.05) is 6.54 Å². The lowest BCUT2D eigenvalue weighted by Crippen LogP contribution is -2.41. The summed E-state index contributed by atoms with van der Waals surface area (Å²) in [6.45, 7) is 13.0. The Morgan fingerprint density at radius 2 is 1.94 bits per heavy atom. The molecule has 0 bridgehead atoms. The molecule has 0 spiro atoms. The van der Waals surface area contributed by atoms with Crippen molar-refractivity contribution < 1.29 is 0 Å². The minimum atomic E-state index is 0.398. The van der Waals surface area contributed by atoms with Gasteiger partial charge in [-0.15, -0.1) is 0 Å². The van der Waals surface area contributed by atoms with Crippen LogP contribution in [-0.4, -0.2) is 12.6 Å². The van der Waals surface area contributed by atoms with Gasteiger partial charge in [-0.25, -0.2) is 0 Å². The van der Waals surface area contributed by atoms with Crippen molar-refractivity contribution in [2.45, 2.75) is 85.6 Å². The van der Waals surface area contributed by atoms with Crippen LogP contribution in [-0.2, 0) is 0 Å². The first-order chi connectivity index (χ1) is 8.43. The van der Waals surface area contributed by atoms with Gasteiger partial charge in [0, 0.05) is 6.04 Å². The molecule has 1 fully saturated rings. The van der Waals surface area contributed by atoms with Gasteiger partial charge in [0.2, 0.25) is 0 Å². The molecule has 0 heterocycles. The van der Waals surface area contributed by atoms with Gasteiger partial charge in [-0.1, -0.05) is 53.9 Å². The maximum atomic E-state index is 3.76. The highest BCUT2D eigenvalue weighted by Gasteiger charge is 2.26. The van der Waals surface area contributed by atoms with Crippen molar-refractivity contribution in [3.05, 3.63) is 0 Å². The van der Waals surface area contributed by atoms with E-state index in [0.29, 0.717) is 11.5 Å². The highest BCUT2D eigenvalue weighted by atomic mass is 14.9. The van der Waals surface area contributed by atoms with Crippen LogP contribution < -0.4 is 5.32 Å². The predicted octanol–water partition coefficient (Wildman–Crippen LogP) is 5.01. The van der Waals surface area contributed by atoms with E-state index in [1.807, 2.05) is 0 Å². The molecule has 0 aromatic rings. The van der Waals surface area contributed by atoms with Crippen LogP contribution in [0, 0.1) is 17.3 Å². The zero-order valence-corrected chi connectivity index (χ0v) is 13.4. The van der Waals surface area contributed by atoms with Crippen molar-refractivity contribution in [2.24, 2.45) is 17.3 Å². The Bertz CT molecular complexity index is 216. The van der Waals surface area contributed by atoms with Gasteiger partial charge in [-0.05, 0) is 49.5 Å². The molecular formula is C17H35N. The summed E-state index contributed by atoms with van der Waals surface area (Å²) in [6.07, 6.45) is 9.93. The largest absolute Gasteiger partial charge is 0.313 e. The summed E-state index contributed by atoms with van der Waals surface area (Å²) < 4.78 is 0. The lowest BCUT2D eigenvalue weighted by molar-refractivity contribution is 0.211. The molecule has 0 aliphatic heterocycles. The van der Waals surface area contributed by atoms with Crippen LogP contribution in [0.3, 0.4) is 0 Å². The van der Waals surface area contributed by atoms with E-state index in [1.165, 1.54) is 51.5 Å². The average Bonchev–Trinajstić information content (AvgIpc) is 2.27. The van der Waals surface area contributed by atoms with E-state index in [0.717, 1.165) is 11.8 Å². The third-order valence-electron chi connectivity index (χ3n) is 4.59. The van der Waals surface area contributed by atoms with Crippen molar-refractivity contribution in [1.82, 2.24) is 5.32 Å². The van der Waals surface area contributed by atoms with E-state index in [4.69, 9.17) is 0 Å². The summed E-state index contributed by atoms with van der Waals surface area (Å²) in [5.41, 5.74) is 0.398. The van der Waals surface area contributed by atoms with Crippen molar-refractivity contribution in [3.8, 4) is 0 Å². The summed E-state index contributed by atoms with van der Waals surface area (Å²) in [7, 11) is 0. The fourth-order valence-electron chi connectivity index (χ4n) is 3.38. The predicted molar refractivity (Wildman–Crippen MR) is 81.9 cm³/mol. The molecule has 0 saturated heterocycles. The third kappa shape index (κ3) is 5.73. The van der Waals surface area contributed by atoms with E-state index in [1.54, 1.807) is 0 Å². The Morgan fingerprint density at radius 3 is 2.50 bits per heavy atom. The first-order valence-corrected chi connectivity index (χ1v) is 8.16. The molecule has 1 saturated carbocycles. The van der Waals surface area contributed by atoms with Gasteiger partial charge in [-0.3, -0.25) is 0 Å². The first kappa shape index (κ1) is 16.0. The Kier molecular flexibility index (Phi) is 6.70. The number of nitrogens with one attached hydrogen (secondary N) is 1. The van der Waals surface area contributed by atoms with Crippen LogP contribution in [0.15, 0.2) is 0 Å². The van der Waals surface area contributed by atoms with Gasteiger partial charge in [0.25, 0.3) is 0 Å². The molecule has 1 rings (SSSR count). The average molecular weight is 253 g/mol. The SMILES string of the molecule is CCCNC(CCC1CCCC(C)C1)C(C)(C)C. The maximum Gasteiger partial charge on any atom is 0.0116 e. The van der Waals surface area contributed by atoms with Crippen LogP contribution in [0.4, 0.5) is 0 Å². The molecule has 0 aromatic heterocycles. The van der Waals surface area contributed by atoms with Gasteiger partial charge < -0.3 is 5.32 Å². The summed E-state index contributed by atoms with van der Waals surface area (Å²) in [6, 6.07) is 0.690. The minimum absolute atomic E-state index is 0.398.